The zero-order chi connectivity index (χ0) is 12.3. The van der Waals surface area contributed by atoms with Gasteiger partial charge in [-0.1, -0.05) is 11.8 Å². The maximum absolute atomic E-state index is 11.6. The Bertz CT molecular complexity index is 442. The van der Waals surface area contributed by atoms with Gasteiger partial charge in [-0.25, -0.2) is 9.59 Å². The van der Waals surface area contributed by atoms with Crippen LogP contribution in [0.1, 0.15) is 6.92 Å². The lowest BCUT2D eigenvalue weighted by Gasteiger charge is -2.08. The van der Waals surface area contributed by atoms with E-state index in [0.717, 1.165) is 4.68 Å². The molecule has 0 aliphatic rings. The third kappa shape index (κ3) is 2.50. The van der Waals surface area contributed by atoms with Crippen molar-refractivity contribution in [3.8, 4) is 0 Å². The minimum Gasteiger partial charge on any atom is -0.333 e. The maximum Gasteiger partial charge on any atom is 0.374 e. The van der Waals surface area contributed by atoms with E-state index in [2.05, 4.69) is 10.4 Å². The summed E-state index contributed by atoms with van der Waals surface area (Å²) in [5.41, 5.74) is -0.691. The molecule has 7 nitrogen and oxygen atoms in total. The third-order valence-corrected chi connectivity index (χ3v) is 2.86. The Labute approximate surface area is 101 Å². The molecule has 0 saturated carbocycles. The fourth-order valence-electron chi connectivity index (χ4n) is 0.942. The highest BCUT2D eigenvalue weighted by Gasteiger charge is 2.17. The molecule has 0 aliphatic carbocycles. The van der Waals surface area contributed by atoms with Crippen LogP contribution in [0.25, 0.3) is 0 Å². The van der Waals surface area contributed by atoms with Crippen LogP contribution in [0.4, 0.5) is 4.79 Å². The number of nitrogens with two attached hydrogens (primary N) is 1. The number of nitrogen functional groups attached to an aromatic ring is 1. The summed E-state index contributed by atoms with van der Waals surface area (Å²) in [7, 11) is 0. The van der Waals surface area contributed by atoms with Gasteiger partial charge in [-0.3, -0.25) is 0 Å². The van der Waals surface area contributed by atoms with Crippen LogP contribution in [-0.2, 0) is 0 Å². The Morgan fingerprint density at radius 3 is 2.81 bits per heavy atom. The summed E-state index contributed by atoms with van der Waals surface area (Å²) < 4.78 is 1.49. The number of rotatable bonds is 3. The number of halogens is 1. The van der Waals surface area contributed by atoms with Crippen molar-refractivity contribution in [1.29, 1.82) is 0 Å². The Morgan fingerprint density at radius 2 is 2.38 bits per heavy atom. The van der Waals surface area contributed by atoms with Gasteiger partial charge >= 0.3 is 11.7 Å². The van der Waals surface area contributed by atoms with Crippen LogP contribution in [0, 0.1) is 0 Å². The van der Waals surface area contributed by atoms with Gasteiger partial charge in [0.15, 0.2) is 0 Å². The summed E-state index contributed by atoms with van der Waals surface area (Å²) in [5, 5.41) is 6.53. The Morgan fingerprint density at radius 1 is 1.75 bits per heavy atom. The highest BCUT2D eigenvalue weighted by Crippen LogP contribution is 2.05. The number of nitrogens with zero attached hydrogens (tertiary/aromatic N) is 3. The Balaban J connectivity index is 2.96. The number of nitrogens with one attached hydrogen (secondary N) is 1. The molecule has 1 heterocycles. The molecule has 1 aromatic heterocycles. The number of hydrogen-bond acceptors (Lipinski definition) is 5. The predicted octanol–water partition coefficient (Wildman–Crippen LogP) is -0.335. The molecule has 0 saturated heterocycles. The molecule has 3 N–H and O–H groups in total. The summed E-state index contributed by atoms with van der Waals surface area (Å²) in [6.45, 7) is 1.71. The lowest BCUT2D eigenvalue weighted by molar-refractivity contribution is 0.236. The molecular formula is C7H12ClN5O2S. The number of alkyl halides is 1. The lowest BCUT2D eigenvalue weighted by atomic mass is 10.4. The molecule has 0 aromatic carbocycles. The number of carbonyl (C=O) groups is 1. The molecule has 1 unspecified atom stereocenters. The van der Waals surface area contributed by atoms with Gasteiger partial charge in [0.05, 0.1) is 0 Å². The van der Waals surface area contributed by atoms with Crippen molar-refractivity contribution >= 4 is 29.4 Å². The Kier molecular flexibility index (Phi) is 4.25. The van der Waals surface area contributed by atoms with Crippen molar-refractivity contribution in [2.45, 2.75) is 18.1 Å². The second kappa shape index (κ2) is 5.26. The van der Waals surface area contributed by atoms with Crippen molar-refractivity contribution in [2.75, 3.05) is 18.0 Å². The molecular weight excluding hydrogens is 254 g/mol. The quantitative estimate of drug-likeness (QED) is 0.443. The van der Waals surface area contributed by atoms with E-state index in [4.69, 9.17) is 17.4 Å². The van der Waals surface area contributed by atoms with Crippen molar-refractivity contribution in [3.63, 3.8) is 0 Å². The number of hydrogen-bond donors (Lipinski definition) is 2. The minimum atomic E-state index is -0.691. The molecule has 0 fully saturated rings. The van der Waals surface area contributed by atoms with Crippen LogP contribution in [0.15, 0.2) is 9.95 Å². The molecule has 16 heavy (non-hydrogen) atoms. The molecule has 0 spiro atoms. The van der Waals surface area contributed by atoms with Crippen molar-refractivity contribution in [3.05, 3.63) is 10.5 Å². The first kappa shape index (κ1) is 12.9. The second-order valence-electron chi connectivity index (χ2n) is 3.06. The van der Waals surface area contributed by atoms with Gasteiger partial charge in [0, 0.05) is 11.9 Å². The van der Waals surface area contributed by atoms with E-state index in [0.29, 0.717) is 4.68 Å². The van der Waals surface area contributed by atoms with Gasteiger partial charge in [-0.2, -0.15) is 4.68 Å². The van der Waals surface area contributed by atoms with Crippen LogP contribution in [0.2, 0.25) is 0 Å². The molecule has 90 valence electrons. The van der Waals surface area contributed by atoms with E-state index in [1.807, 2.05) is 0 Å². The monoisotopic (exact) mass is 265 g/mol. The molecule has 1 rings (SSSR count). The second-order valence-corrected chi connectivity index (χ2v) is 4.14. The molecule has 0 aliphatic heterocycles. The van der Waals surface area contributed by atoms with Crippen molar-refractivity contribution in [1.82, 2.24) is 19.8 Å². The van der Waals surface area contributed by atoms with Crippen LogP contribution >= 0.6 is 23.4 Å². The van der Waals surface area contributed by atoms with Crippen LogP contribution in [0.3, 0.4) is 0 Å². The zero-order valence-corrected chi connectivity index (χ0v) is 10.4. The normalized spacial score (nSPS) is 12.4. The average molecular weight is 266 g/mol. The summed E-state index contributed by atoms with van der Waals surface area (Å²) in [6.07, 6.45) is 1.70. The van der Waals surface area contributed by atoms with Gasteiger partial charge in [0.2, 0.25) is 5.16 Å². The fraction of sp³-hybridized carbons (Fsp3) is 0.571. The van der Waals surface area contributed by atoms with Gasteiger partial charge in [0.1, 0.15) is 0 Å². The summed E-state index contributed by atoms with van der Waals surface area (Å²) in [5.74, 6) is 5.66. The first-order chi connectivity index (χ1) is 7.51. The Hall–Kier alpha value is -1.15. The standard InChI is InChI=1S/C7H12ClN5O2S/c1-4(3-8)10-5(14)13-7(15)12(9)6(11-13)16-2/h4H,3,9H2,1-2H3,(H,10,14). The molecule has 1 atom stereocenters. The lowest BCUT2D eigenvalue weighted by Crippen LogP contribution is -2.43. The van der Waals surface area contributed by atoms with Gasteiger partial charge in [-0.15, -0.1) is 21.4 Å². The highest BCUT2D eigenvalue weighted by molar-refractivity contribution is 7.98. The smallest absolute Gasteiger partial charge is 0.333 e. The van der Waals surface area contributed by atoms with Crippen LogP contribution in [0.5, 0.6) is 0 Å². The van der Waals surface area contributed by atoms with Crippen LogP contribution in [-0.4, -0.2) is 38.7 Å². The first-order valence-corrected chi connectivity index (χ1v) is 6.15. The number of thioether (sulfide) groups is 1. The molecule has 0 bridgehead atoms. The van der Waals surface area contributed by atoms with E-state index in [1.165, 1.54) is 11.8 Å². The van der Waals surface area contributed by atoms with E-state index in [1.54, 1.807) is 13.2 Å². The highest BCUT2D eigenvalue weighted by atomic mass is 35.5. The summed E-state index contributed by atoms with van der Waals surface area (Å²) in [4.78, 5) is 23.1. The van der Waals surface area contributed by atoms with Gasteiger partial charge in [0.25, 0.3) is 0 Å². The molecule has 9 heteroatoms. The number of carbonyl (C=O) groups excluding carboxylic acids is 1. The summed E-state index contributed by atoms with van der Waals surface area (Å²) in [6, 6.07) is -0.889. The van der Waals surface area contributed by atoms with Crippen molar-refractivity contribution in [2.24, 2.45) is 0 Å². The van der Waals surface area contributed by atoms with Crippen LogP contribution < -0.4 is 16.8 Å². The van der Waals surface area contributed by atoms with E-state index < -0.39 is 11.7 Å². The largest absolute Gasteiger partial charge is 0.374 e. The van der Waals surface area contributed by atoms with Gasteiger partial charge in [-0.05, 0) is 13.2 Å². The molecule has 0 radical (unpaired) electrons. The molecule has 1 aromatic rings. The fourth-order valence-corrected chi connectivity index (χ4v) is 1.46. The van der Waals surface area contributed by atoms with Gasteiger partial charge < -0.3 is 11.2 Å². The molecule has 1 amide bonds. The SMILES string of the molecule is CSc1nn(C(=O)NC(C)CCl)c(=O)n1N. The maximum atomic E-state index is 11.6. The van der Waals surface area contributed by atoms with E-state index >= 15 is 0 Å². The number of aromatic nitrogens is 3. The predicted molar refractivity (Wildman–Crippen MR) is 62.5 cm³/mol. The van der Waals surface area contributed by atoms with E-state index in [-0.39, 0.29) is 17.1 Å². The third-order valence-electron chi connectivity index (χ3n) is 1.76. The average Bonchev–Trinajstić information content (AvgIpc) is 2.55. The number of amides is 1. The zero-order valence-electron chi connectivity index (χ0n) is 8.81. The van der Waals surface area contributed by atoms with Crippen molar-refractivity contribution < 1.29 is 4.79 Å². The minimum absolute atomic E-state index is 0.248. The van der Waals surface area contributed by atoms with E-state index in [9.17, 15) is 9.59 Å². The first-order valence-electron chi connectivity index (χ1n) is 4.39. The summed E-state index contributed by atoms with van der Waals surface area (Å²) >= 11 is 6.70. The topological polar surface area (TPSA) is 94.9 Å².